The average molecular weight is 371 g/mol. The van der Waals surface area contributed by atoms with Crippen LogP contribution in [0.3, 0.4) is 0 Å². The van der Waals surface area contributed by atoms with Gasteiger partial charge in [-0.05, 0) is 54.4 Å². The molecule has 26 heavy (non-hydrogen) atoms. The summed E-state index contributed by atoms with van der Waals surface area (Å²) in [6.07, 6.45) is 2.98. The molecule has 149 valence electrons. The summed E-state index contributed by atoms with van der Waals surface area (Å²) >= 11 is 0. The van der Waals surface area contributed by atoms with Crippen molar-refractivity contribution in [2.24, 2.45) is 0 Å². The second-order valence-electron chi connectivity index (χ2n) is 7.94. The largest absolute Gasteiger partial charge is 0.460 e. The molecule has 0 aromatic heterocycles. The molecule has 2 N–H and O–H groups in total. The first-order valence-electron chi connectivity index (χ1n) is 8.68. The van der Waals surface area contributed by atoms with Gasteiger partial charge in [-0.25, -0.2) is 4.79 Å². The Morgan fingerprint density at radius 1 is 0.962 bits per heavy atom. The van der Waals surface area contributed by atoms with Crippen LogP contribution in [-0.4, -0.2) is 48.0 Å². The number of carbonyl (C=O) groups excluding carboxylic acids is 4. The Hall–Kier alpha value is -2.12. The number of esters is 2. The summed E-state index contributed by atoms with van der Waals surface area (Å²) in [5.74, 6) is -1.38. The number of hydrogen-bond donors (Lipinski definition) is 2. The SMILES string of the molecule is CC(C)(C)OC(=O)CCCCC(NC(=O)CN[C]=O)C(=O)OC(C)(C)C. The Balaban J connectivity index is 4.56. The molecule has 0 aromatic carbocycles. The minimum absolute atomic E-state index is 0.230. The minimum atomic E-state index is -0.853. The van der Waals surface area contributed by atoms with E-state index in [9.17, 15) is 19.2 Å². The summed E-state index contributed by atoms with van der Waals surface area (Å²) in [5.41, 5.74) is -1.22. The van der Waals surface area contributed by atoms with Crippen molar-refractivity contribution in [3.63, 3.8) is 0 Å². The number of amides is 2. The van der Waals surface area contributed by atoms with Crippen molar-refractivity contribution in [3.05, 3.63) is 0 Å². The van der Waals surface area contributed by atoms with Crippen molar-refractivity contribution in [1.82, 2.24) is 10.6 Å². The van der Waals surface area contributed by atoms with Gasteiger partial charge in [-0.2, -0.15) is 0 Å². The van der Waals surface area contributed by atoms with Gasteiger partial charge in [-0.15, -0.1) is 0 Å². The third-order valence-corrected chi connectivity index (χ3v) is 2.89. The van der Waals surface area contributed by atoms with Crippen molar-refractivity contribution in [2.75, 3.05) is 6.54 Å². The predicted octanol–water partition coefficient (Wildman–Crippen LogP) is 1.37. The Morgan fingerprint density at radius 2 is 1.54 bits per heavy atom. The molecular formula is C18H31N2O6. The van der Waals surface area contributed by atoms with E-state index in [2.05, 4.69) is 10.6 Å². The standard InChI is InChI=1S/C18H31N2O6/c1-17(2,3)25-15(23)10-8-7-9-13(16(24)26-18(4,5)6)20-14(22)11-19-12-21/h13H,7-11H2,1-6H3,(H,19,21)(H,20,22). The number of nitrogens with one attached hydrogen (secondary N) is 2. The zero-order chi connectivity index (χ0) is 20.4. The monoisotopic (exact) mass is 371 g/mol. The van der Waals surface area contributed by atoms with Crippen LogP contribution < -0.4 is 10.6 Å². The van der Waals surface area contributed by atoms with Crippen molar-refractivity contribution in [3.8, 4) is 0 Å². The van der Waals surface area contributed by atoms with Crippen LogP contribution in [0, 0.1) is 0 Å². The molecule has 1 atom stereocenters. The van der Waals surface area contributed by atoms with E-state index in [0.29, 0.717) is 19.3 Å². The highest BCUT2D eigenvalue weighted by Crippen LogP contribution is 2.14. The van der Waals surface area contributed by atoms with Gasteiger partial charge in [-0.3, -0.25) is 14.4 Å². The summed E-state index contributed by atoms with van der Waals surface area (Å²) in [5, 5.41) is 4.64. The maximum atomic E-state index is 12.3. The molecule has 2 amide bonds. The molecule has 0 saturated heterocycles. The number of ether oxygens (including phenoxy) is 2. The highest BCUT2D eigenvalue weighted by Gasteiger charge is 2.26. The molecule has 8 heteroatoms. The van der Waals surface area contributed by atoms with Gasteiger partial charge in [0.25, 0.3) is 0 Å². The van der Waals surface area contributed by atoms with Crippen LogP contribution in [0.4, 0.5) is 0 Å². The highest BCUT2D eigenvalue weighted by atomic mass is 16.6. The van der Waals surface area contributed by atoms with Gasteiger partial charge in [0.15, 0.2) is 0 Å². The molecule has 0 aliphatic rings. The van der Waals surface area contributed by atoms with E-state index in [-0.39, 0.29) is 18.9 Å². The Morgan fingerprint density at radius 3 is 2.04 bits per heavy atom. The fourth-order valence-electron chi connectivity index (χ4n) is 1.99. The van der Waals surface area contributed by atoms with Crippen molar-refractivity contribution in [2.45, 2.75) is 84.5 Å². The first-order valence-corrected chi connectivity index (χ1v) is 8.68. The minimum Gasteiger partial charge on any atom is -0.460 e. The fraction of sp³-hybridized carbons (Fsp3) is 0.778. The summed E-state index contributed by atoms with van der Waals surface area (Å²) in [7, 11) is 0. The second kappa shape index (κ2) is 10.8. The van der Waals surface area contributed by atoms with E-state index < -0.39 is 29.1 Å². The molecule has 0 spiro atoms. The first-order chi connectivity index (χ1) is 11.8. The van der Waals surface area contributed by atoms with E-state index in [0.717, 1.165) is 0 Å². The average Bonchev–Trinajstić information content (AvgIpc) is 2.44. The maximum absolute atomic E-state index is 12.3. The van der Waals surface area contributed by atoms with Gasteiger partial charge >= 0.3 is 18.3 Å². The molecule has 1 unspecified atom stereocenters. The zero-order valence-corrected chi connectivity index (χ0v) is 16.6. The van der Waals surface area contributed by atoms with Crippen LogP contribution in [0.15, 0.2) is 0 Å². The van der Waals surface area contributed by atoms with Gasteiger partial charge in [0.1, 0.15) is 17.2 Å². The van der Waals surface area contributed by atoms with E-state index in [1.54, 1.807) is 41.5 Å². The smallest absolute Gasteiger partial charge is 0.329 e. The second-order valence-corrected chi connectivity index (χ2v) is 7.94. The maximum Gasteiger partial charge on any atom is 0.329 e. The normalized spacial score (nSPS) is 12.7. The third-order valence-electron chi connectivity index (χ3n) is 2.89. The van der Waals surface area contributed by atoms with Gasteiger partial charge < -0.3 is 20.1 Å². The lowest BCUT2D eigenvalue weighted by Gasteiger charge is -2.24. The van der Waals surface area contributed by atoms with E-state index in [1.807, 2.05) is 0 Å². The number of carbonyl (C=O) groups is 3. The van der Waals surface area contributed by atoms with Crippen LogP contribution >= 0.6 is 0 Å². The van der Waals surface area contributed by atoms with E-state index in [4.69, 9.17) is 9.47 Å². The fourth-order valence-corrected chi connectivity index (χ4v) is 1.99. The van der Waals surface area contributed by atoms with Crippen LogP contribution in [0.2, 0.25) is 0 Å². The van der Waals surface area contributed by atoms with Gasteiger partial charge in [-0.1, -0.05) is 6.42 Å². The lowest BCUT2D eigenvalue weighted by atomic mass is 10.1. The molecule has 0 bridgehead atoms. The summed E-state index contributed by atoms with van der Waals surface area (Å²) < 4.78 is 10.5. The van der Waals surface area contributed by atoms with Crippen molar-refractivity contribution in [1.29, 1.82) is 0 Å². The van der Waals surface area contributed by atoms with Crippen molar-refractivity contribution >= 4 is 24.3 Å². The van der Waals surface area contributed by atoms with Crippen LogP contribution in [0.5, 0.6) is 0 Å². The van der Waals surface area contributed by atoms with Crippen LogP contribution in [0.25, 0.3) is 0 Å². The van der Waals surface area contributed by atoms with Gasteiger partial charge in [0.2, 0.25) is 5.91 Å². The number of unbranched alkanes of at least 4 members (excludes halogenated alkanes) is 1. The van der Waals surface area contributed by atoms with E-state index >= 15 is 0 Å². The van der Waals surface area contributed by atoms with Crippen LogP contribution in [-0.2, 0) is 28.7 Å². The molecule has 0 aromatic rings. The molecule has 1 radical (unpaired) electrons. The molecule has 0 heterocycles. The summed E-state index contributed by atoms with van der Waals surface area (Å²) in [6.45, 7) is 10.3. The molecule has 0 saturated carbocycles. The van der Waals surface area contributed by atoms with E-state index in [1.165, 1.54) is 6.41 Å². The molecule has 0 aliphatic heterocycles. The van der Waals surface area contributed by atoms with Crippen molar-refractivity contribution < 1.29 is 28.7 Å². The Kier molecular flexibility index (Phi) is 9.90. The number of hydrogen-bond acceptors (Lipinski definition) is 6. The van der Waals surface area contributed by atoms with Gasteiger partial charge in [0.05, 0.1) is 6.54 Å². The lowest BCUT2D eigenvalue weighted by Crippen LogP contribution is -2.46. The first kappa shape index (κ1) is 23.9. The third kappa shape index (κ3) is 13.2. The number of rotatable bonds is 10. The van der Waals surface area contributed by atoms with Gasteiger partial charge in [0, 0.05) is 6.42 Å². The quantitative estimate of drug-likeness (QED) is 0.341. The molecule has 8 nitrogen and oxygen atoms in total. The zero-order valence-electron chi connectivity index (χ0n) is 16.6. The highest BCUT2D eigenvalue weighted by molar-refractivity contribution is 5.86. The van der Waals surface area contributed by atoms with Crippen LogP contribution in [0.1, 0.15) is 67.2 Å². The summed E-state index contributed by atoms with van der Waals surface area (Å²) in [6, 6.07) is -0.853. The predicted molar refractivity (Wildman–Crippen MR) is 95.8 cm³/mol. The molecule has 0 fully saturated rings. The topological polar surface area (TPSA) is 111 Å². The Labute approximate surface area is 155 Å². The summed E-state index contributed by atoms with van der Waals surface area (Å²) in [4.78, 5) is 45.8. The molecule has 0 aliphatic carbocycles. The molecular weight excluding hydrogens is 340 g/mol. The Bertz CT molecular complexity index is 491. The molecule has 0 rings (SSSR count). The lowest BCUT2D eigenvalue weighted by molar-refractivity contribution is -0.158.